The summed E-state index contributed by atoms with van der Waals surface area (Å²) < 4.78 is 11.1. The second-order valence-electron chi connectivity index (χ2n) is 5.04. The number of amides is 2. The van der Waals surface area contributed by atoms with Crippen molar-refractivity contribution in [3.63, 3.8) is 0 Å². The second kappa shape index (κ2) is 6.36. The smallest absolute Gasteiger partial charge is 0.329 e. The number of aliphatic carboxylic acids is 1. The van der Waals surface area contributed by atoms with Crippen molar-refractivity contribution in [3.8, 4) is 0 Å². The van der Waals surface area contributed by atoms with Crippen molar-refractivity contribution in [1.29, 1.82) is 0 Å². The maximum atomic E-state index is 12.2. The van der Waals surface area contributed by atoms with Crippen LogP contribution in [-0.2, 0) is 15.6 Å². The molecule has 0 saturated carbocycles. The maximum Gasteiger partial charge on any atom is 0.329 e. The minimum Gasteiger partial charge on any atom is -0.479 e. The molecule has 110 valence electrons. The molecule has 3 unspecified atom stereocenters. The number of nitrogens with zero attached hydrogens (tertiary/aromatic N) is 1. The number of nitrogens with one attached hydrogen (secondary N) is 1. The Morgan fingerprint density at radius 2 is 2.16 bits per heavy atom. The van der Waals surface area contributed by atoms with E-state index in [1.807, 2.05) is 0 Å². The van der Waals surface area contributed by atoms with Crippen molar-refractivity contribution < 1.29 is 18.9 Å². The zero-order chi connectivity index (χ0) is 14.6. The zero-order valence-corrected chi connectivity index (χ0v) is 12.5. The third kappa shape index (κ3) is 3.46. The molecule has 0 aliphatic carbocycles. The number of rotatable bonds is 5. The lowest BCUT2D eigenvalue weighted by atomic mass is 9.93. The fraction of sp³-hybridized carbons (Fsp3) is 0.833. The van der Waals surface area contributed by atoms with Crippen molar-refractivity contribution in [2.45, 2.75) is 44.7 Å². The average Bonchev–Trinajstić information content (AvgIpc) is 2.72. The summed E-state index contributed by atoms with van der Waals surface area (Å²) >= 11 is 0. The highest BCUT2D eigenvalue weighted by molar-refractivity contribution is 7.84. The summed E-state index contributed by atoms with van der Waals surface area (Å²) in [6.07, 6.45) is 3.15. The van der Waals surface area contributed by atoms with E-state index < -0.39 is 22.3 Å². The molecular formula is C12H22N2O4S. The molecule has 6 nitrogen and oxygen atoms in total. The largest absolute Gasteiger partial charge is 0.479 e. The summed E-state index contributed by atoms with van der Waals surface area (Å²) in [6, 6.07) is -0.609. The molecule has 2 N–H and O–H groups in total. The maximum absolute atomic E-state index is 12.2. The van der Waals surface area contributed by atoms with Crippen molar-refractivity contribution in [2.24, 2.45) is 0 Å². The molecule has 1 fully saturated rings. The van der Waals surface area contributed by atoms with Crippen LogP contribution >= 0.6 is 0 Å². The highest BCUT2D eigenvalue weighted by Gasteiger charge is 2.48. The molecule has 19 heavy (non-hydrogen) atoms. The minimum atomic E-state index is -1.09. The Labute approximate surface area is 116 Å². The Balaban J connectivity index is 2.75. The first-order valence-corrected chi connectivity index (χ1v) is 8.17. The van der Waals surface area contributed by atoms with Crippen LogP contribution in [0.3, 0.4) is 0 Å². The molecule has 1 rings (SSSR count). The molecule has 0 aromatic rings. The van der Waals surface area contributed by atoms with Crippen LogP contribution in [0.2, 0.25) is 0 Å². The average molecular weight is 290 g/mol. The van der Waals surface area contributed by atoms with Crippen LogP contribution in [0, 0.1) is 0 Å². The first-order valence-electron chi connectivity index (χ1n) is 6.45. The van der Waals surface area contributed by atoms with Crippen molar-refractivity contribution in [3.05, 3.63) is 0 Å². The highest BCUT2D eigenvalue weighted by Crippen LogP contribution is 2.32. The standard InChI is InChI=1S/C12H22N2O4S/c1-4-12(10(15)16)6-5-7-14(12)11(17)13-9(2)8-19(3)18/h9H,4-8H2,1-3H3,(H,13,17)(H,15,16). The SMILES string of the molecule is CCC1(C(=O)O)CCCN1C(=O)NC(C)CS(C)=O. The van der Waals surface area contributed by atoms with Crippen molar-refractivity contribution in [1.82, 2.24) is 10.2 Å². The van der Waals surface area contributed by atoms with Crippen LogP contribution < -0.4 is 5.32 Å². The normalized spacial score (nSPS) is 25.9. The summed E-state index contributed by atoms with van der Waals surface area (Å²) in [6.45, 7) is 4.00. The second-order valence-corrected chi connectivity index (χ2v) is 6.52. The topological polar surface area (TPSA) is 86.7 Å². The molecule has 0 spiro atoms. The molecule has 0 bridgehead atoms. The summed E-state index contributed by atoms with van der Waals surface area (Å²) in [5.41, 5.74) is -1.09. The van der Waals surface area contributed by atoms with E-state index in [9.17, 15) is 18.9 Å². The molecule has 0 radical (unpaired) electrons. The monoisotopic (exact) mass is 290 g/mol. The lowest BCUT2D eigenvalue weighted by Gasteiger charge is -2.34. The van der Waals surface area contributed by atoms with Gasteiger partial charge in [0.05, 0.1) is 0 Å². The Morgan fingerprint density at radius 3 is 2.63 bits per heavy atom. The molecule has 7 heteroatoms. The van der Waals surface area contributed by atoms with Crippen LogP contribution in [-0.4, -0.2) is 56.3 Å². The number of hydrogen-bond acceptors (Lipinski definition) is 3. The number of carbonyl (C=O) groups excluding carboxylic acids is 1. The van der Waals surface area contributed by atoms with E-state index in [1.165, 1.54) is 4.90 Å². The van der Waals surface area contributed by atoms with E-state index in [-0.39, 0.29) is 12.1 Å². The fourth-order valence-electron chi connectivity index (χ4n) is 2.60. The van der Waals surface area contributed by atoms with Gasteiger partial charge in [0.1, 0.15) is 5.54 Å². The van der Waals surface area contributed by atoms with Crippen LogP contribution in [0.25, 0.3) is 0 Å². The lowest BCUT2D eigenvalue weighted by Crippen LogP contribution is -2.57. The number of hydrogen-bond donors (Lipinski definition) is 2. The molecule has 1 aliphatic rings. The Hall–Kier alpha value is -1.11. The van der Waals surface area contributed by atoms with Gasteiger partial charge in [-0.3, -0.25) is 4.21 Å². The third-order valence-electron chi connectivity index (χ3n) is 3.57. The number of carboxylic acids is 1. The van der Waals surface area contributed by atoms with E-state index in [1.54, 1.807) is 20.1 Å². The quantitative estimate of drug-likeness (QED) is 0.784. The van der Waals surface area contributed by atoms with Gasteiger partial charge in [0.25, 0.3) is 0 Å². The van der Waals surface area contributed by atoms with Gasteiger partial charge in [0.15, 0.2) is 0 Å². The predicted octanol–water partition coefficient (Wildman–Crippen LogP) is 0.792. The van der Waals surface area contributed by atoms with Gasteiger partial charge >= 0.3 is 12.0 Å². The van der Waals surface area contributed by atoms with Gasteiger partial charge in [-0.1, -0.05) is 6.92 Å². The number of likely N-dealkylation sites (tertiary alicyclic amines) is 1. The molecule has 1 heterocycles. The van der Waals surface area contributed by atoms with E-state index in [2.05, 4.69) is 5.32 Å². The van der Waals surface area contributed by atoms with E-state index in [0.29, 0.717) is 31.6 Å². The summed E-state index contributed by atoms with van der Waals surface area (Å²) in [7, 11) is -0.993. The van der Waals surface area contributed by atoms with Crippen LogP contribution in [0.4, 0.5) is 4.79 Å². The van der Waals surface area contributed by atoms with Crippen molar-refractivity contribution in [2.75, 3.05) is 18.6 Å². The Morgan fingerprint density at radius 1 is 1.53 bits per heavy atom. The first kappa shape index (κ1) is 15.9. The Bertz CT molecular complexity index is 388. The number of carbonyl (C=O) groups is 2. The Kier molecular flexibility index (Phi) is 5.34. The molecule has 2 amide bonds. The highest BCUT2D eigenvalue weighted by atomic mass is 32.2. The van der Waals surface area contributed by atoms with Gasteiger partial charge in [0, 0.05) is 35.4 Å². The van der Waals surface area contributed by atoms with E-state index >= 15 is 0 Å². The van der Waals surface area contributed by atoms with Crippen LogP contribution in [0.5, 0.6) is 0 Å². The number of carboxylic acid groups (broad SMARTS) is 1. The predicted molar refractivity (Wildman–Crippen MR) is 73.5 cm³/mol. The van der Waals surface area contributed by atoms with Gasteiger partial charge in [-0.25, -0.2) is 9.59 Å². The van der Waals surface area contributed by atoms with E-state index in [4.69, 9.17) is 0 Å². The van der Waals surface area contributed by atoms with Gasteiger partial charge in [-0.15, -0.1) is 0 Å². The first-order chi connectivity index (χ1) is 8.83. The fourth-order valence-corrected chi connectivity index (χ4v) is 3.39. The molecule has 1 saturated heterocycles. The summed E-state index contributed by atoms with van der Waals surface area (Å²) in [4.78, 5) is 25.0. The lowest BCUT2D eigenvalue weighted by molar-refractivity contribution is -0.148. The summed E-state index contributed by atoms with van der Waals surface area (Å²) in [5.74, 6) is -0.583. The van der Waals surface area contributed by atoms with Crippen LogP contribution in [0.15, 0.2) is 0 Å². The van der Waals surface area contributed by atoms with Crippen molar-refractivity contribution >= 4 is 22.8 Å². The zero-order valence-electron chi connectivity index (χ0n) is 11.6. The third-order valence-corrected chi connectivity index (χ3v) is 4.54. The summed E-state index contributed by atoms with van der Waals surface area (Å²) in [5, 5.41) is 12.1. The molecule has 0 aromatic carbocycles. The number of urea groups is 1. The molecular weight excluding hydrogens is 268 g/mol. The van der Waals surface area contributed by atoms with Gasteiger partial charge in [0.2, 0.25) is 0 Å². The van der Waals surface area contributed by atoms with Gasteiger partial charge < -0.3 is 15.3 Å². The molecule has 0 aromatic heterocycles. The van der Waals surface area contributed by atoms with E-state index in [0.717, 1.165) is 0 Å². The van der Waals surface area contributed by atoms with Gasteiger partial charge in [-0.05, 0) is 26.2 Å². The minimum absolute atomic E-state index is 0.234. The van der Waals surface area contributed by atoms with Gasteiger partial charge in [-0.2, -0.15) is 0 Å². The molecule has 1 aliphatic heterocycles. The molecule has 3 atom stereocenters. The van der Waals surface area contributed by atoms with Crippen LogP contribution in [0.1, 0.15) is 33.1 Å².